The van der Waals surface area contributed by atoms with Crippen molar-refractivity contribution < 1.29 is 32.2 Å². The van der Waals surface area contributed by atoms with E-state index in [0.717, 1.165) is 0 Å². The van der Waals surface area contributed by atoms with Crippen molar-refractivity contribution in [3.63, 3.8) is 0 Å². The number of anilines is 2. The van der Waals surface area contributed by atoms with E-state index >= 15 is 0 Å². The molecule has 6 nitrogen and oxygen atoms in total. The van der Waals surface area contributed by atoms with Crippen molar-refractivity contribution in [2.24, 2.45) is 5.41 Å². The van der Waals surface area contributed by atoms with Crippen LogP contribution in [-0.4, -0.2) is 43.9 Å². The molecule has 32 heavy (non-hydrogen) atoms. The minimum absolute atomic E-state index is 0.0515. The quantitative estimate of drug-likeness (QED) is 0.472. The van der Waals surface area contributed by atoms with Gasteiger partial charge in [0, 0.05) is 17.1 Å². The number of benzene rings is 1. The fourth-order valence-corrected chi connectivity index (χ4v) is 3.39. The maximum Gasteiger partial charge on any atom is 0.405 e. The van der Waals surface area contributed by atoms with Crippen LogP contribution in [0.15, 0.2) is 18.2 Å². The Hall–Kier alpha value is -2.71. The number of hydrogen-bond donors (Lipinski definition) is 1. The Kier molecular flexibility index (Phi) is 7.85. The molecule has 1 aromatic rings. The van der Waals surface area contributed by atoms with Crippen molar-refractivity contribution in [2.45, 2.75) is 60.2 Å². The molecule has 1 unspecified atom stereocenters. The number of rotatable bonds is 6. The standard InChI is InChI=1S/C23H31F3N2O4/c1-7-15-12-32-20-17(28(15)13-23(24,25)26)10-9-16(27-21(30)22(4,5)6)19(20)14(3)11-18(29)31-8-2/h9-11,15H,7-8,12-13H2,1-6H3,(H,27,30). The number of ether oxygens (including phenoxy) is 2. The van der Waals surface area contributed by atoms with Gasteiger partial charge in [0.25, 0.3) is 0 Å². The van der Waals surface area contributed by atoms with Gasteiger partial charge in [0.2, 0.25) is 5.91 Å². The number of allylic oxidation sites excluding steroid dienone is 1. The predicted molar refractivity (Wildman–Crippen MR) is 118 cm³/mol. The van der Waals surface area contributed by atoms with E-state index in [2.05, 4.69) is 5.32 Å². The van der Waals surface area contributed by atoms with Crippen LogP contribution in [0.3, 0.4) is 0 Å². The first-order valence-electron chi connectivity index (χ1n) is 10.6. The van der Waals surface area contributed by atoms with E-state index in [1.54, 1.807) is 47.6 Å². The van der Waals surface area contributed by atoms with Gasteiger partial charge in [-0.05, 0) is 38.0 Å². The van der Waals surface area contributed by atoms with E-state index < -0.39 is 30.1 Å². The molecule has 0 aliphatic carbocycles. The fourth-order valence-electron chi connectivity index (χ4n) is 3.39. The SMILES string of the molecule is CCOC(=O)C=C(C)c1c(NC(=O)C(C)(C)C)ccc2c1OCC(CC)N2CC(F)(F)F. The molecule has 0 spiro atoms. The lowest BCUT2D eigenvalue weighted by atomic mass is 9.94. The Morgan fingerprint density at radius 2 is 1.91 bits per heavy atom. The number of nitrogens with one attached hydrogen (secondary N) is 1. The van der Waals surface area contributed by atoms with Gasteiger partial charge in [-0.1, -0.05) is 27.7 Å². The normalized spacial score (nSPS) is 16.8. The number of carbonyl (C=O) groups excluding carboxylic acids is 2. The zero-order valence-electron chi connectivity index (χ0n) is 19.4. The number of fused-ring (bicyclic) bond motifs is 1. The average Bonchev–Trinajstić information content (AvgIpc) is 2.66. The minimum Gasteiger partial charge on any atom is -0.489 e. The van der Waals surface area contributed by atoms with Crippen molar-refractivity contribution in [3.05, 3.63) is 23.8 Å². The Labute approximate surface area is 186 Å². The Bertz CT molecular complexity index is 888. The molecule has 0 saturated heterocycles. The molecule has 0 bridgehead atoms. The van der Waals surface area contributed by atoms with Crippen LogP contribution in [0.25, 0.3) is 5.57 Å². The molecular weight excluding hydrogens is 425 g/mol. The van der Waals surface area contributed by atoms with Gasteiger partial charge < -0.3 is 19.7 Å². The first-order chi connectivity index (χ1) is 14.8. The second-order valence-electron chi connectivity index (χ2n) is 8.74. The molecule has 1 atom stereocenters. The number of alkyl halides is 3. The maximum absolute atomic E-state index is 13.3. The summed E-state index contributed by atoms with van der Waals surface area (Å²) in [6, 6.07) is 2.61. The Morgan fingerprint density at radius 3 is 2.44 bits per heavy atom. The van der Waals surface area contributed by atoms with Gasteiger partial charge in [0.15, 0.2) is 5.75 Å². The predicted octanol–water partition coefficient (Wildman–Crippen LogP) is 5.18. The van der Waals surface area contributed by atoms with E-state index in [4.69, 9.17) is 9.47 Å². The van der Waals surface area contributed by atoms with Gasteiger partial charge in [-0.3, -0.25) is 4.79 Å². The summed E-state index contributed by atoms with van der Waals surface area (Å²) in [6.07, 6.45) is -2.70. The molecule has 9 heteroatoms. The lowest BCUT2D eigenvalue weighted by molar-refractivity contribution is -0.137. The molecule has 1 aromatic carbocycles. The van der Waals surface area contributed by atoms with E-state index in [1.807, 2.05) is 0 Å². The highest BCUT2D eigenvalue weighted by Gasteiger charge is 2.38. The Morgan fingerprint density at radius 1 is 1.25 bits per heavy atom. The lowest BCUT2D eigenvalue weighted by Gasteiger charge is -2.40. The van der Waals surface area contributed by atoms with Gasteiger partial charge in [0.1, 0.15) is 13.2 Å². The van der Waals surface area contributed by atoms with E-state index in [9.17, 15) is 22.8 Å². The van der Waals surface area contributed by atoms with Crippen molar-refractivity contribution in [1.82, 2.24) is 0 Å². The monoisotopic (exact) mass is 456 g/mol. The van der Waals surface area contributed by atoms with Gasteiger partial charge in [-0.15, -0.1) is 0 Å². The third-order valence-corrected chi connectivity index (χ3v) is 5.07. The summed E-state index contributed by atoms with van der Waals surface area (Å²) in [6.45, 7) is 9.43. The molecule has 0 saturated carbocycles. The number of nitrogens with zero attached hydrogens (tertiary/aromatic N) is 1. The highest BCUT2D eigenvalue weighted by atomic mass is 19.4. The molecule has 1 aliphatic rings. The van der Waals surface area contributed by atoms with Gasteiger partial charge in [0.05, 0.1) is 24.0 Å². The van der Waals surface area contributed by atoms with Crippen LogP contribution in [0.1, 0.15) is 53.5 Å². The van der Waals surface area contributed by atoms with Crippen molar-refractivity contribution >= 4 is 28.8 Å². The second-order valence-corrected chi connectivity index (χ2v) is 8.74. The molecule has 2 rings (SSSR count). The molecule has 0 aromatic heterocycles. The first kappa shape index (κ1) is 25.5. The summed E-state index contributed by atoms with van der Waals surface area (Å²) in [4.78, 5) is 26.0. The third-order valence-electron chi connectivity index (χ3n) is 5.07. The molecule has 0 radical (unpaired) electrons. The number of carbonyl (C=O) groups is 2. The van der Waals surface area contributed by atoms with Gasteiger partial charge in [-0.25, -0.2) is 4.79 Å². The number of esters is 1. The molecule has 1 heterocycles. The van der Waals surface area contributed by atoms with Crippen LogP contribution in [0.2, 0.25) is 0 Å². The zero-order chi connectivity index (χ0) is 24.3. The molecule has 1 amide bonds. The van der Waals surface area contributed by atoms with Gasteiger partial charge >= 0.3 is 12.1 Å². The molecular formula is C23H31F3N2O4. The minimum atomic E-state index is -4.41. The second kappa shape index (κ2) is 9.83. The van der Waals surface area contributed by atoms with Crippen molar-refractivity contribution in [3.8, 4) is 5.75 Å². The van der Waals surface area contributed by atoms with Crippen LogP contribution in [0.4, 0.5) is 24.5 Å². The summed E-state index contributed by atoms with van der Waals surface area (Å²) in [5, 5.41) is 2.82. The van der Waals surface area contributed by atoms with Crippen LogP contribution in [0, 0.1) is 5.41 Å². The van der Waals surface area contributed by atoms with E-state index in [1.165, 1.54) is 17.0 Å². The van der Waals surface area contributed by atoms with Crippen molar-refractivity contribution in [1.29, 1.82) is 0 Å². The molecule has 1 N–H and O–H groups in total. The third kappa shape index (κ3) is 6.17. The highest BCUT2D eigenvalue weighted by Crippen LogP contribution is 2.45. The zero-order valence-corrected chi connectivity index (χ0v) is 19.4. The molecule has 1 aliphatic heterocycles. The summed E-state index contributed by atoms with van der Waals surface area (Å²) in [7, 11) is 0. The van der Waals surface area contributed by atoms with Crippen LogP contribution in [0.5, 0.6) is 5.75 Å². The topological polar surface area (TPSA) is 67.9 Å². The van der Waals surface area contributed by atoms with Crippen LogP contribution in [-0.2, 0) is 14.3 Å². The summed E-state index contributed by atoms with van der Waals surface area (Å²) in [5.74, 6) is -0.675. The molecule has 178 valence electrons. The van der Waals surface area contributed by atoms with Gasteiger partial charge in [-0.2, -0.15) is 13.2 Å². The number of halogens is 3. The molecule has 0 fully saturated rings. The van der Waals surface area contributed by atoms with Crippen LogP contribution < -0.4 is 15.0 Å². The highest BCUT2D eigenvalue weighted by molar-refractivity contribution is 6.01. The lowest BCUT2D eigenvalue weighted by Crippen LogP contribution is -2.47. The number of hydrogen-bond acceptors (Lipinski definition) is 5. The average molecular weight is 457 g/mol. The summed E-state index contributed by atoms with van der Waals surface area (Å²) < 4.78 is 50.9. The fraction of sp³-hybridized carbons (Fsp3) is 0.565. The van der Waals surface area contributed by atoms with Crippen LogP contribution >= 0.6 is 0 Å². The first-order valence-corrected chi connectivity index (χ1v) is 10.6. The van der Waals surface area contributed by atoms with Crippen molar-refractivity contribution in [2.75, 3.05) is 30.0 Å². The van der Waals surface area contributed by atoms with E-state index in [-0.39, 0.29) is 30.6 Å². The van der Waals surface area contributed by atoms with E-state index in [0.29, 0.717) is 23.2 Å². The summed E-state index contributed by atoms with van der Waals surface area (Å²) >= 11 is 0. The number of amides is 1. The Balaban J connectivity index is 2.66. The smallest absolute Gasteiger partial charge is 0.405 e. The summed E-state index contributed by atoms with van der Waals surface area (Å²) in [5.41, 5.74) is 0.674. The largest absolute Gasteiger partial charge is 0.489 e. The maximum atomic E-state index is 13.3.